The van der Waals surface area contributed by atoms with Gasteiger partial charge in [-0.1, -0.05) is 12.1 Å². The molecule has 1 N–H and O–H groups in total. The van der Waals surface area contributed by atoms with E-state index in [4.69, 9.17) is 13.9 Å². The molecular formula is C21H23N3O5. The van der Waals surface area contributed by atoms with Gasteiger partial charge in [0.1, 0.15) is 11.5 Å². The Bertz CT molecular complexity index is 932. The highest BCUT2D eigenvalue weighted by molar-refractivity contribution is 5.90. The number of hydrogen-bond donors (Lipinski definition) is 1. The first-order valence-corrected chi connectivity index (χ1v) is 9.23. The molecule has 8 heteroatoms. The van der Waals surface area contributed by atoms with Crippen molar-refractivity contribution in [1.82, 2.24) is 15.1 Å². The molecule has 0 aliphatic rings. The van der Waals surface area contributed by atoms with Crippen LogP contribution in [0.4, 0.5) is 0 Å². The Balaban J connectivity index is 1.43. The number of nitrogens with one attached hydrogen (secondary N) is 1. The summed E-state index contributed by atoms with van der Waals surface area (Å²) in [6, 6.07) is 12.6. The lowest BCUT2D eigenvalue weighted by atomic mass is 10.1. The maximum atomic E-state index is 12.2. The van der Waals surface area contributed by atoms with Crippen molar-refractivity contribution in [2.75, 3.05) is 13.7 Å². The van der Waals surface area contributed by atoms with Crippen LogP contribution in [0.3, 0.4) is 0 Å². The zero-order chi connectivity index (χ0) is 20.6. The molecule has 29 heavy (non-hydrogen) atoms. The van der Waals surface area contributed by atoms with Crippen molar-refractivity contribution in [3.05, 3.63) is 71.9 Å². The van der Waals surface area contributed by atoms with Gasteiger partial charge in [0, 0.05) is 18.9 Å². The molecule has 3 aromatic rings. The third-order valence-electron chi connectivity index (χ3n) is 4.26. The molecule has 0 spiro atoms. The highest BCUT2D eigenvalue weighted by Gasteiger charge is 2.21. The Hall–Kier alpha value is -3.55. The van der Waals surface area contributed by atoms with Gasteiger partial charge in [-0.05, 0) is 49.2 Å². The fourth-order valence-electron chi connectivity index (χ4n) is 2.66. The van der Waals surface area contributed by atoms with Gasteiger partial charge in [0.05, 0.1) is 13.7 Å². The molecule has 1 atom stereocenters. The van der Waals surface area contributed by atoms with Crippen LogP contribution >= 0.6 is 0 Å². The fraction of sp³-hybridized carbons (Fsp3) is 0.286. The van der Waals surface area contributed by atoms with Crippen LogP contribution in [0.2, 0.25) is 0 Å². The van der Waals surface area contributed by atoms with Crippen molar-refractivity contribution >= 4 is 11.9 Å². The molecular weight excluding hydrogens is 374 g/mol. The molecule has 3 rings (SSSR count). The Labute approximate surface area is 168 Å². The van der Waals surface area contributed by atoms with Gasteiger partial charge in [-0.15, -0.1) is 0 Å². The van der Waals surface area contributed by atoms with E-state index in [-0.39, 0.29) is 11.7 Å². The summed E-state index contributed by atoms with van der Waals surface area (Å²) < 4.78 is 17.5. The van der Waals surface area contributed by atoms with Crippen LogP contribution in [-0.4, -0.2) is 41.4 Å². The number of amides is 1. The van der Waals surface area contributed by atoms with Crippen LogP contribution in [-0.2, 0) is 22.5 Å². The molecule has 8 nitrogen and oxygen atoms in total. The minimum atomic E-state index is -0.932. The normalized spacial score (nSPS) is 11.7. The number of rotatable bonds is 9. The fourth-order valence-corrected chi connectivity index (χ4v) is 2.66. The minimum absolute atomic E-state index is 0.0463. The smallest absolute Gasteiger partial charge is 0.375 e. The van der Waals surface area contributed by atoms with E-state index in [9.17, 15) is 9.59 Å². The summed E-state index contributed by atoms with van der Waals surface area (Å²) >= 11 is 0. The SMILES string of the molecule is COc1ccc(CCNC(=O)C(C)OC(=O)c2ccc(Cn3cccn3)o2)cc1. The van der Waals surface area contributed by atoms with E-state index in [1.807, 2.05) is 24.3 Å². The topological polar surface area (TPSA) is 95.6 Å². The number of carbonyl (C=O) groups is 2. The lowest BCUT2D eigenvalue weighted by molar-refractivity contribution is -0.129. The van der Waals surface area contributed by atoms with Gasteiger partial charge in [-0.3, -0.25) is 9.48 Å². The van der Waals surface area contributed by atoms with Gasteiger partial charge in [-0.2, -0.15) is 5.10 Å². The Morgan fingerprint density at radius 1 is 1.21 bits per heavy atom. The van der Waals surface area contributed by atoms with Crippen LogP contribution in [0.5, 0.6) is 5.75 Å². The largest absolute Gasteiger partial charge is 0.497 e. The lowest BCUT2D eigenvalue weighted by Crippen LogP contribution is -2.36. The van der Waals surface area contributed by atoms with E-state index in [2.05, 4.69) is 10.4 Å². The number of carbonyl (C=O) groups excluding carboxylic acids is 2. The van der Waals surface area contributed by atoms with Crippen molar-refractivity contribution in [2.24, 2.45) is 0 Å². The molecule has 0 aliphatic carbocycles. The van der Waals surface area contributed by atoms with Crippen LogP contribution in [0, 0.1) is 0 Å². The molecule has 0 saturated heterocycles. The maximum Gasteiger partial charge on any atom is 0.375 e. The lowest BCUT2D eigenvalue weighted by Gasteiger charge is -2.12. The molecule has 0 radical (unpaired) electrons. The summed E-state index contributed by atoms with van der Waals surface area (Å²) in [6.07, 6.45) is 3.18. The van der Waals surface area contributed by atoms with E-state index < -0.39 is 12.1 Å². The average Bonchev–Trinajstić information content (AvgIpc) is 3.41. The zero-order valence-corrected chi connectivity index (χ0v) is 16.3. The molecule has 2 aromatic heterocycles. The summed E-state index contributed by atoms with van der Waals surface area (Å²) in [5.41, 5.74) is 1.07. The molecule has 1 unspecified atom stereocenters. The standard InChI is InChI=1S/C21H23N3O5/c1-15(20(25)22-12-10-16-4-6-17(27-2)7-5-16)28-21(26)19-9-8-18(29-19)14-24-13-3-11-23-24/h3-9,11,13,15H,10,12,14H2,1-2H3,(H,22,25). The second-order valence-electron chi connectivity index (χ2n) is 6.41. The first-order valence-electron chi connectivity index (χ1n) is 9.23. The Morgan fingerprint density at radius 2 is 2.00 bits per heavy atom. The van der Waals surface area contributed by atoms with Gasteiger partial charge in [0.2, 0.25) is 5.76 Å². The molecule has 2 heterocycles. The Morgan fingerprint density at radius 3 is 2.69 bits per heavy atom. The highest BCUT2D eigenvalue weighted by atomic mass is 16.6. The monoisotopic (exact) mass is 397 g/mol. The number of benzene rings is 1. The van der Waals surface area contributed by atoms with Crippen LogP contribution in [0.15, 0.2) is 59.3 Å². The first-order chi connectivity index (χ1) is 14.0. The van der Waals surface area contributed by atoms with Gasteiger partial charge in [0.15, 0.2) is 6.10 Å². The van der Waals surface area contributed by atoms with Crippen molar-refractivity contribution in [3.63, 3.8) is 0 Å². The van der Waals surface area contributed by atoms with Crippen molar-refractivity contribution in [2.45, 2.75) is 26.0 Å². The molecule has 0 saturated carbocycles. The van der Waals surface area contributed by atoms with Crippen LogP contribution in [0.25, 0.3) is 0 Å². The van der Waals surface area contributed by atoms with Gasteiger partial charge >= 0.3 is 5.97 Å². The summed E-state index contributed by atoms with van der Waals surface area (Å²) in [4.78, 5) is 24.4. The van der Waals surface area contributed by atoms with Gasteiger partial charge in [-0.25, -0.2) is 4.79 Å². The van der Waals surface area contributed by atoms with Gasteiger partial charge < -0.3 is 19.2 Å². The quantitative estimate of drug-likeness (QED) is 0.557. The van der Waals surface area contributed by atoms with Crippen molar-refractivity contribution < 1.29 is 23.5 Å². The van der Waals surface area contributed by atoms with E-state index in [1.54, 1.807) is 36.3 Å². The predicted octanol–water partition coefficient (Wildman–Crippen LogP) is 2.44. The third kappa shape index (κ3) is 5.71. The number of esters is 1. The Kier molecular flexibility index (Phi) is 6.67. The van der Waals surface area contributed by atoms with E-state index >= 15 is 0 Å². The van der Waals surface area contributed by atoms with Crippen LogP contribution in [0.1, 0.15) is 28.8 Å². The summed E-state index contributed by atoms with van der Waals surface area (Å²) in [5.74, 6) is 0.344. The van der Waals surface area contributed by atoms with E-state index in [0.29, 0.717) is 25.3 Å². The molecule has 1 amide bonds. The average molecular weight is 397 g/mol. The second-order valence-corrected chi connectivity index (χ2v) is 6.41. The number of ether oxygens (including phenoxy) is 2. The van der Waals surface area contributed by atoms with Crippen molar-refractivity contribution in [3.8, 4) is 5.75 Å². The first kappa shape index (κ1) is 20.2. The summed E-state index contributed by atoms with van der Waals surface area (Å²) in [5, 5.41) is 6.84. The van der Waals surface area contributed by atoms with E-state index in [1.165, 1.54) is 13.0 Å². The molecule has 1 aromatic carbocycles. The maximum absolute atomic E-state index is 12.2. The zero-order valence-electron chi connectivity index (χ0n) is 16.3. The predicted molar refractivity (Wildman–Crippen MR) is 105 cm³/mol. The number of hydrogen-bond acceptors (Lipinski definition) is 6. The third-order valence-corrected chi connectivity index (χ3v) is 4.26. The number of methoxy groups -OCH3 is 1. The molecule has 0 fully saturated rings. The molecule has 0 bridgehead atoms. The molecule has 0 aliphatic heterocycles. The van der Waals surface area contributed by atoms with E-state index in [0.717, 1.165) is 11.3 Å². The highest BCUT2D eigenvalue weighted by Crippen LogP contribution is 2.13. The summed E-state index contributed by atoms with van der Waals surface area (Å²) in [6.45, 7) is 2.36. The number of nitrogens with zero attached hydrogens (tertiary/aromatic N) is 2. The van der Waals surface area contributed by atoms with Crippen molar-refractivity contribution in [1.29, 1.82) is 0 Å². The van der Waals surface area contributed by atoms with Crippen LogP contribution < -0.4 is 10.1 Å². The number of furan rings is 1. The number of aromatic nitrogens is 2. The van der Waals surface area contributed by atoms with Gasteiger partial charge in [0.25, 0.3) is 5.91 Å². The second kappa shape index (κ2) is 9.59. The molecule has 152 valence electrons. The minimum Gasteiger partial charge on any atom is -0.497 e. The summed E-state index contributed by atoms with van der Waals surface area (Å²) in [7, 11) is 1.61.